The van der Waals surface area contributed by atoms with Crippen LogP contribution in [0.2, 0.25) is 5.02 Å². The number of para-hydroxylation sites is 2. The topological polar surface area (TPSA) is 86.3 Å². The Balaban J connectivity index is 2.11. The molecule has 186 valence electrons. The van der Waals surface area contributed by atoms with Gasteiger partial charge in [-0.05, 0) is 31.5 Å². The van der Waals surface area contributed by atoms with Crippen molar-refractivity contribution in [3.8, 4) is 22.9 Å². The second-order valence-electron chi connectivity index (χ2n) is 7.52. The van der Waals surface area contributed by atoms with E-state index in [1.165, 1.54) is 6.07 Å². The van der Waals surface area contributed by atoms with Crippen molar-refractivity contribution in [2.45, 2.75) is 32.5 Å². The van der Waals surface area contributed by atoms with Crippen LogP contribution in [0.4, 0.5) is 17.6 Å². The van der Waals surface area contributed by atoms with E-state index in [1.807, 2.05) is 6.92 Å². The van der Waals surface area contributed by atoms with Crippen molar-refractivity contribution in [3.05, 3.63) is 79.8 Å². The minimum absolute atomic E-state index is 0.138. The summed E-state index contributed by atoms with van der Waals surface area (Å²) in [6.07, 6.45) is -4.99. The summed E-state index contributed by atoms with van der Waals surface area (Å²) >= 11 is 6.11. The zero-order valence-corrected chi connectivity index (χ0v) is 19.5. The molecule has 7 nitrogen and oxygen atoms in total. The molecule has 0 aliphatic heterocycles. The third kappa shape index (κ3) is 5.40. The summed E-state index contributed by atoms with van der Waals surface area (Å²) in [7, 11) is 0.815. The lowest BCUT2D eigenvalue weighted by atomic mass is 10.2. The van der Waals surface area contributed by atoms with Gasteiger partial charge in [-0.2, -0.15) is 13.2 Å². The number of halogens is 5. The lowest BCUT2D eigenvalue weighted by molar-refractivity contribution is -0.144. The molecule has 0 fully saturated rings. The van der Waals surface area contributed by atoms with Crippen molar-refractivity contribution in [1.82, 2.24) is 9.13 Å². The van der Waals surface area contributed by atoms with Gasteiger partial charge >= 0.3 is 11.9 Å². The Bertz CT molecular complexity index is 1400. The molecule has 1 unspecified atom stereocenters. The molecule has 1 heterocycles. The van der Waals surface area contributed by atoms with Gasteiger partial charge in [0.25, 0.3) is 5.56 Å². The van der Waals surface area contributed by atoms with Crippen molar-refractivity contribution < 1.29 is 27.0 Å². The van der Waals surface area contributed by atoms with Crippen molar-refractivity contribution in [2.75, 3.05) is 0 Å². The number of hydrogen-bond donors (Lipinski definition) is 1. The maximum Gasteiger partial charge on any atom is 0.431 e. The first-order valence-electron chi connectivity index (χ1n) is 10.2. The van der Waals surface area contributed by atoms with Crippen LogP contribution in [-0.2, 0) is 13.2 Å². The average Bonchev–Trinajstić information content (AvgIpc) is 2.77. The van der Waals surface area contributed by atoms with Gasteiger partial charge < -0.3 is 14.9 Å². The summed E-state index contributed by atoms with van der Waals surface area (Å²) in [5.74, 6) is -0.932. The lowest BCUT2D eigenvalue weighted by Gasteiger charge is -2.19. The van der Waals surface area contributed by atoms with Crippen LogP contribution < -0.4 is 20.7 Å². The first-order chi connectivity index (χ1) is 16.3. The predicted molar refractivity (Wildman–Crippen MR) is 122 cm³/mol. The van der Waals surface area contributed by atoms with Crippen molar-refractivity contribution in [1.29, 1.82) is 5.41 Å². The molecule has 1 aromatic heterocycles. The number of rotatable bonds is 7. The van der Waals surface area contributed by atoms with E-state index in [-0.39, 0.29) is 43.2 Å². The average molecular weight is 514 g/mol. The Kier molecular flexibility index (Phi) is 7.39. The van der Waals surface area contributed by atoms with E-state index in [1.54, 1.807) is 25.1 Å². The lowest BCUT2D eigenvalue weighted by Crippen LogP contribution is -2.41. The minimum Gasteiger partial charge on any atom is -0.481 e. The summed E-state index contributed by atoms with van der Waals surface area (Å²) < 4.78 is 66.2. The second kappa shape index (κ2) is 9.95. The Morgan fingerprint density at radius 2 is 1.74 bits per heavy atom. The largest absolute Gasteiger partial charge is 0.481 e. The molecule has 3 aromatic rings. The molecule has 0 saturated carbocycles. The van der Waals surface area contributed by atoms with E-state index in [9.17, 15) is 27.2 Å². The molecule has 0 saturated heterocycles. The normalized spacial score (nSPS) is 12.3. The Morgan fingerprint density at radius 3 is 2.31 bits per heavy atom. The molecule has 2 aromatic carbocycles. The third-order valence-electron chi connectivity index (χ3n) is 5.04. The van der Waals surface area contributed by atoms with Gasteiger partial charge in [0, 0.05) is 24.9 Å². The smallest absolute Gasteiger partial charge is 0.431 e. The van der Waals surface area contributed by atoms with Crippen molar-refractivity contribution >= 4 is 17.3 Å². The van der Waals surface area contributed by atoms with Gasteiger partial charge in [0.15, 0.2) is 11.5 Å². The monoisotopic (exact) mass is 513 g/mol. The number of nitrogens with one attached hydrogen (secondary N) is 1. The highest BCUT2D eigenvalue weighted by Gasteiger charge is 2.35. The zero-order chi connectivity index (χ0) is 26.1. The van der Waals surface area contributed by atoms with Crippen molar-refractivity contribution in [2.24, 2.45) is 7.05 Å². The van der Waals surface area contributed by atoms with Crippen LogP contribution >= 0.6 is 11.6 Å². The maximum absolute atomic E-state index is 14.7. The van der Waals surface area contributed by atoms with Gasteiger partial charge in [-0.25, -0.2) is 13.8 Å². The van der Waals surface area contributed by atoms with Crippen LogP contribution in [0, 0.1) is 11.2 Å². The number of benzene rings is 2. The molecule has 0 aliphatic rings. The molecule has 0 amide bonds. The number of alkyl halides is 3. The van der Waals surface area contributed by atoms with Crippen LogP contribution in [0.3, 0.4) is 0 Å². The summed E-state index contributed by atoms with van der Waals surface area (Å²) in [6.45, 7) is 3.42. The summed E-state index contributed by atoms with van der Waals surface area (Å²) in [5.41, 5.74) is -4.64. The maximum atomic E-state index is 14.7. The Hall–Kier alpha value is -3.60. The fourth-order valence-electron chi connectivity index (χ4n) is 3.27. The van der Waals surface area contributed by atoms with Gasteiger partial charge in [0.2, 0.25) is 0 Å². The quantitative estimate of drug-likeness (QED) is 0.341. The van der Waals surface area contributed by atoms with Gasteiger partial charge in [-0.3, -0.25) is 9.36 Å². The van der Waals surface area contributed by atoms with E-state index in [2.05, 4.69) is 0 Å². The highest BCUT2D eigenvalue weighted by atomic mass is 35.5. The van der Waals surface area contributed by atoms with Gasteiger partial charge in [-0.1, -0.05) is 30.7 Å². The molecule has 35 heavy (non-hydrogen) atoms. The van der Waals surface area contributed by atoms with Crippen LogP contribution in [-0.4, -0.2) is 20.9 Å². The zero-order valence-electron chi connectivity index (χ0n) is 18.7. The van der Waals surface area contributed by atoms with Crippen molar-refractivity contribution in [3.63, 3.8) is 0 Å². The first kappa shape index (κ1) is 26.0. The van der Waals surface area contributed by atoms with Crippen LogP contribution in [0.15, 0.2) is 52.1 Å². The van der Waals surface area contributed by atoms with Gasteiger partial charge in [-0.15, -0.1) is 0 Å². The van der Waals surface area contributed by atoms with E-state index in [0.29, 0.717) is 6.42 Å². The molecule has 0 bridgehead atoms. The van der Waals surface area contributed by atoms with E-state index >= 15 is 0 Å². The molecular formula is C23H20ClF4N3O4. The standard InChI is InChI=1S/C23H20ClF4N3O4/c1-4-16(12(2)29)34-17-7-5-6-8-18(17)35-19-10-15(14(25)9-13(19)24)31-21(32)11-20(23(26,27)28)30(3)22(31)33/h5-11,16,29H,4H2,1-3H3. The second-order valence-corrected chi connectivity index (χ2v) is 7.93. The molecule has 12 heteroatoms. The Labute approximate surface area is 201 Å². The number of nitrogens with zero attached hydrogens (tertiary/aromatic N) is 2. The molecule has 0 aliphatic carbocycles. The number of hydrogen-bond acceptors (Lipinski definition) is 5. The summed E-state index contributed by atoms with van der Waals surface area (Å²) in [6, 6.07) is 8.29. The fraction of sp³-hybridized carbons (Fsp3) is 0.261. The number of aromatic nitrogens is 2. The highest BCUT2D eigenvalue weighted by Crippen LogP contribution is 2.37. The Morgan fingerprint density at radius 1 is 1.11 bits per heavy atom. The van der Waals surface area contributed by atoms with Crippen LogP contribution in [0.5, 0.6) is 17.2 Å². The van der Waals surface area contributed by atoms with Gasteiger partial charge in [0.1, 0.15) is 23.4 Å². The molecular weight excluding hydrogens is 494 g/mol. The van der Waals surface area contributed by atoms with Crippen LogP contribution in [0.1, 0.15) is 26.0 Å². The van der Waals surface area contributed by atoms with Crippen LogP contribution in [0.25, 0.3) is 5.69 Å². The molecule has 1 atom stereocenters. The minimum atomic E-state index is -4.96. The fourth-order valence-corrected chi connectivity index (χ4v) is 3.46. The van der Waals surface area contributed by atoms with E-state index in [4.69, 9.17) is 26.5 Å². The number of ether oxygens (including phenoxy) is 2. The summed E-state index contributed by atoms with van der Waals surface area (Å²) in [4.78, 5) is 25.0. The summed E-state index contributed by atoms with van der Waals surface area (Å²) in [5, 5.41) is 7.59. The molecule has 3 rings (SSSR count). The van der Waals surface area contributed by atoms with E-state index < -0.39 is 40.7 Å². The highest BCUT2D eigenvalue weighted by molar-refractivity contribution is 6.32. The molecule has 0 spiro atoms. The molecule has 0 radical (unpaired) electrons. The van der Waals surface area contributed by atoms with Gasteiger partial charge in [0.05, 0.1) is 10.7 Å². The first-order valence-corrected chi connectivity index (χ1v) is 10.6. The SMILES string of the molecule is CCC(Oc1ccccc1Oc1cc(-n2c(=O)cc(C(F)(F)F)n(C)c2=O)c(F)cc1Cl)C(C)=N. The molecule has 1 N–H and O–H groups in total. The predicted octanol–water partition coefficient (Wildman–Crippen LogP) is 5.34. The third-order valence-corrected chi connectivity index (χ3v) is 5.34. The van der Waals surface area contributed by atoms with E-state index in [0.717, 1.165) is 19.2 Å².